The highest BCUT2D eigenvalue weighted by molar-refractivity contribution is 7.82. The lowest BCUT2D eigenvalue weighted by Gasteiger charge is -2.52. The molecular weight excluding hydrogens is 1010 g/mol. The summed E-state index contributed by atoms with van der Waals surface area (Å²) in [5.74, 6) is 0. The van der Waals surface area contributed by atoms with Gasteiger partial charge in [0.25, 0.3) is 0 Å². The van der Waals surface area contributed by atoms with Crippen molar-refractivity contribution in [1.82, 2.24) is 0 Å². The Hall–Kier alpha value is -9.53. The number of rotatable bonds is 7. The highest BCUT2D eigenvalue weighted by Gasteiger charge is 2.57. The molecule has 0 bridgehead atoms. The van der Waals surface area contributed by atoms with Crippen LogP contribution < -0.4 is 30.6 Å². The maximum atomic E-state index is 2.78. The molecule has 12 aromatic rings. The standard InChI is InChI=1S/C78H56N3P/c1-49-33-39-57(40-34-49)79-66-45-52(4)46-67-74(66)82-75-68(79)47-64-70(60-29-17-19-31-62(60)77(64,53-21-9-5-10-22-53)54-23-11-6-12-24-54)72(75)81(59-43-37-51(3)38-44-59)73-71-61-30-18-20-32-63(61)78(55-25-13-7-14-26-55,56-27-15-8-16-28-56)65(71)48-69(76(73)82)80(67)58-41-35-50(2)36-42-58/h5-48H,1-4H3. The van der Waals surface area contributed by atoms with Crippen molar-refractivity contribution in [3.8, 4) is 22.3 Å². The first kappa shape index (κ1) is 47.3. The lowest BCUT2D eigenvalue weighted by Crippen LogP contribution is -2.46. The number of hydrogen-bond donors (Lipinski definition) is 0. The molecule has 2 aliphatic carbocycles. The van der Waals surface area contributed by atoms with Crippen LogP contribution in [0.4, 0.5) is 51.2 Å². The van der Waals surface area contributed by atoms with Gasteiger partial charge in [0.05, 0.1) is 45.0 Å². The van der Waals surface area contributed by atoms with Gasteiger partial charge in [-0.3, -0.25) is 0 Å². The maximum absolute atomic E-state index is 2.78. The Kier molecular flexibility index (Phi) is 10.1. The minimum atomic E-state index is -1.28. The van der Waals surface area contributed by atoms with Gasteiger partial charge in [0, 0.05) is 52.0 Å². The first-order valence-corrected chi connectivity index (χ1v) is 30.1. The Bertz CT molecular complexity index is 4240. The van der Waals surface area contributed by atoms with E-state index < -0.39 is 18.8 Å². The molecule has 0 atom stereocenters. The summed E-state index contributed by atoms with van der Waals surface area (Å²) in [5.41, 5.74) is 29.8. The predicted octanol–water partition coefficient (Wildman–Crippen LogP) is 18.8. The molecule has 0 fully saturated rings. The fourth-order valence-corrected chi connectivity index (χ4v) is 18.3. The second-order valence-electron chi connectivity index (χ2n) is 23.1. The molecule has 0 N–H and O–H groups in total. The van der Waals surface area contributed by atoms with Crippen LogP contribution in [0.1, 0.15) is 66.8 Å². The zero-order chi connectivity index (χ0) is 54.6. The van der Waals surface area contributed by atoms with Gasteiger partial charge in [-0.2, -0.15) is 0 Å². The van der Waals surface area contributed by atoms with Gasteiger partial charge in [0.2, 0.25) is 0 Å². The molecule has 0 aromatic heterocycles. The van der Waals surface area contributed by atoms with Crippen LogP contribution in [0.25, 0.3) is 22.3 Å². The normalized spacial score (nSPS) is 14.9. The van der Waals surface area contributed by atoms with Gasteiger partial charge >= 0.3 is 0 Å². The van der Waals surface area contributed by atoms with E-state index in [4.69, 9.17) is 0 Å². The number of fused-ring (bicyclic) bond motifs is 8. The van der Waals surface area contributed by atoms with Crippen molar-refractivity contribution < 1.29 is 0 Å². The third-order valence-corrected chi connectivity index (χ3v) is 21.2. The van der Waals surface area contributed by atoms with Crippen LogP contribution in [0.15, 0.2) is 267 Å². The molecule has 0 radical (unpaired) electrons. The number of anilines is 9. The van der Waals surface area contributed by atoms with E-state index in [1.807, 2.05) is 0 Å². The summed E-state index contributed by atoms with van der Waals surface area (Å²) in [7, 11) is -1.28. The molecule has 5 aliphatic rings. The van der Waals surface area contributed by atoms with E-state index >= 15 is 0 Å². The van der Waals surface area contributed by atoms with E-state index in [1.54, 1.807) is 0 Å². The molecule has 0 amide bonds. The smallest absolute Gasteiger partial charge is 0.0715 e. The van der Waals surface area contributed by atoms with Gasteiger partial charge in [-0.05, 0) is 150 Å². The summed E-state index contributed by atoms with van der Waals surface area (Å²) in [4.78, 5) is 8.09. The van der Waals surface area contributed by atoms with Gasteiger partial charge in [-0.15, -0.1) is 0 Å². The van der Waals surface area contributed by atoms with Crippen molar-refractivity contribution in [3.63, 3.8) is 0 Å². The van der Waals surface area contributed by atoms with Gasteiger partial charge in [-0.25, -0.2) is 0 Å². The third kappa shape index (κ3) is 6.19. The molecule has 388 valence electrons. The zero-order valence-corrected chi connectivity index (χ0v) is 47.1. The van der Waals surface area contributed by atoms with Crippen LogP contribution in [-0.2, 0) is 10.8 Å². The third-order valence-electron chi connectivity index (χ3n) is 18.5. The Morgan fingerprint density at radius 2 is 0.573 bits per heavy atom. The molecule has 17 rings (SSSR count). The molecule has 12 aromatic carbocycles. The number of nitrogens with zero attached hydrogens (tertiary/aromatic N) is 3. The second kappa shape index (κ2) is 17.5. The van der Waals surface area contributed by atoms with Gasteiger partial charge < -0.3 is 14.7 Å². The van der Waals surface area contributed by atoms with Crippen molar-refractivity contribution in [2.45, 2.75) is 38.5 Å². The van der Waals surface area contributed by atoms with Gasteiger partial charge in [-0.1, -0.05) is 223 Å². The number of hydrogen-bond acceptors (Lipinski definition) is 3. The fraction of sp³-hybridized carbons (Fsp3) is 0.0769. The van der Waals surface area contributed by atoms with Crippen LogP contribution in [0.3, 0.4) is 0 Å². The Morgan fingerprint density at radius 1 is 0.268 bits per heavy atom. The molecule has 3 aliphatic heterocycles. The summed E-state index contributed by atoms with van der Waals surface area (Å²) in [6.45, 7) is 8.93. The predicted molar refractivity (Wildman–Crippen MR) is 343 cm³/mol. The van der Waals surface area contributed by atoms with E-state index in [9.17, 15) is 0 Å². The first-order valence-electron chi connectivity index (χ1n) is 28.8. The zero-order valence-electron chi connectivity index (χ0n) is 46.2. The minimum absolute atomic E-state index is 0.676. The molecule has 3 heterocycles. The molecule has 0 spiro atoms. The van der Waals surface area contributed by atoms with Crippen molar-refractivity contribution >= 4 is 75.0 Å². The topological polar surface area (TPSA) is 9.72 Å². The first-order chi connectivity index (χ1) is 40.3. The van der Waals surface area contributed by atoms with Crippen LogP contribution >= 0.6 is 7.92 Å². The second-order valence-corrected chi connectivity index (χ2v) is 25.1. The average Bonchev–Trinajstić information content (AvgIpc) is 1.38. The highest BCUT2D eigenvalue weighted by Crippen LogP contribution is 2.71. The quantitative estimate of drug-likeness (QED) is 0.147. The van der Waals surface area contributed by atoms with E-state index in [0.717, 1.165) is 17.1 Å². The minimum Gasteiger partial charge on any atom is -0.309 e. The highest BCUT2D eigenvalue weighted by atomic mass is 31.1. The number of aryl methyl sites for hydroxylation is 4. The van der Waals surface area contributed by atoms with E-state index in [0.29, 0.717) is 0 Å². The van der Waals surface area contributed by atoms with Crippen LogP contribution in [0.2, 0.25) is 0 Å². The Labute approximate surface area is 481 Å². The van der Waals surface area contributed by atoms with Crippen LogP contribution in [0, 0.1) is 27.7 Å². The molecule has 0 saturated carbocycles. The van der Waals surface area contributed by atoms with Crippen molar-refractivity contribution in [3.05, 3.63) is 334 Å². The molecule has 82 heavy (non-hydrogen) atoms. The van der Waals surface area contributed by atoms with Crippen LogP contribution in [-0.4, -0.2) is 0 Å². The molecule has 0 saturated heterocycles. The molecule has 3 nitrogen and oxygen atoms in total. The van der Waals surface area contributed by atoms with Gasteiger partial charge in [0.1, 0.15) is 0 Å². The van der Waals surface area contributed by atoms with Crippen molar-refractivity contribution in [2.75, 3.05) is 14.7 Å². The molecule has 0 unspecified atom stereocenters. The van der Waals surface area contributed by atoms with Crippen molar-refractivity contribution in [1.29, 1.82) is 0 Å². The summed E-state index contributed by atoms with van der Waals surface area (Å²) in [5, 5.41) is 4.17. The van der Waals surface area contributed by atoms with Gasteiger partial charge in [0.15, 0.2) is 0 Å². The van der Waals surface area contributed by atoms with Crippen LogP contribution in [0.5, 0.6) is 0 Å². The largest absolute Gasteiger partial charge is 0.309 e. The number of benzene rings is 12. The van der Waals surface area contributed by atoms with Crippen molar-refractivity contribution in [2.24, 2.45) is 0 Å². The fourth-order valence-electron chi connectivity index (χ4n) is 15.2. The van der Waals surface area contributed by atoms with E-state index in [2.05, 4.69) is 309 Å². The van der Waals surface area contributed by atoms with E-state index in [1.165, 1.54) is 139 Å². The molecule has 4 heteroatoms. The summed E-state index contributed by atoms with van der Waals surface area (Å²) in [6, 6.07) is 103. The monoisotopic (exact) mass is 1070 g/mol. The summed E-state index contributed by atoms with van der Waals surface area (Å²) >= 11 is 0. The van der Waals surface area contributed by atoms with E-state index in [-0.39, 0.29) is 0 Å². The lowest BCUT2D eigenvalue weighted by atomic mass is 9.67. The maximum Gasteiger partial charge on any atom is 0.0715 e. The lowest BCUT2D eigenvalue weighted by molar-refractivity contribution is 0.768. The SMILES string of the molecule is Cc1ccc(N2c3cc(C)cc4c3P3c5c2cc2c(c5N(c5ccc(C)cc5)c5c6c(cc(c53)N4c3ccc(C)cc3)C(c3ccccc3)(c3ccccc3)c3ccccc3-6)-c3ccccc3C2(c2ccccc2)c2ccccc2)cc1. The average molecular weight is 1070 g/mol. The Balaban J connectivity index is 1.14. The summed E-state index contributed by atoms with van der Waals surface area (Å²) < 4.78 is 0. The molecular formula is C78H56N3P. The summed E-state index contributed by atoms with van der Waals surface area (Å²) in [6.07, 6.45) is 0. The Morgan fingerprint density at radius 3 is 0.927 bits per heavy atom.